The van der Waals surface area contributed by atoms with E-state index in [1.54, 1.807) is 10.3 Å². The Morgan fingerprint density at radius 1 is 1.30 bits per heavy atom. The molecule has 1 fully saturated rings. The van der Waals surface area contributed by atoms with Crippen LogP contribution in [0.15, 0.2) is 17.7 Å². The molecule has 2 rings (SSSR count). The van der Waals surface area contributed by atoms with E-state index in [4.69, 9.17) is 4.74 Å². The summed E-state index contributed by atoms with van der Waals surface area (Å²) in [6.45, 7) is 9.35. The van der Waals surface area contributed by atoms with Crippen LogP contribution in [0, 0.1) is 0 Å². The number of ether oxygens (including phenoxy) is 2. The fourth-order valence-electron chi connectivity index (χ4n) is 3.04. The predicted molar refractivity (Wildman–Crippen MR) is 120 cm³/mol. The van der Waals surface area contributed by atoms with E-state index in [2.05, 4.69) is 26.9 Å². The third kappa shape index (κ3) is 7.53. The van der Waals surface area contributed by atoms with Gasteiger partial charge in [-0.2, -0.15) is 0 Å². The zero-order chi connectivity index (χ0) is 24.8. The minimum atomic E-state index is -1.27. The number of carbonyl (C=O) groups excluding carboxylic acids is 4. The summed E-state index contributed by atoms with van der Waals surface area (Å²) in [5, 5.41) is 16.1. The van der Waals surface area contributed by atoms with Crippen molar-refractivity contribution in [2.24, 2.45) is 0 Å². The molecule has 0 saturated carbocycles. The number of methoxy groups -OCH3 is 1. The molecule has 2 heterocycles. The minimum Gasteiger partial charge on any atom is -0.467 e. The van der Waals surface area contributed by atoms with Crippen LogP contribution in [0.25, 0.3) is 0 Å². The van der Waals surface area contributed by atoms with Crippen molar-refractivity contribution in [3.63, 3.8) is 0 Å². The van der Waals surface area contributed by atoms with Crippen molar-refractivity contribution in [2.75, 3.05) is 26.8 Å². The Hall–Kier alpha value is -2.99. The molecule has 1 aliphatic rings. The molecule has 0 aromatic carbocycles. The van der Waals surface area contributed by atoms with Gasteiger partial charge >= 0.3 is 12.1 Å². The van der Waals surface area contributed by atoms with Crippen LogP contribution in [-0.2, 0) is 19.1 Å². The van der Waals surface area contributed by atoms with Gasteiger partial charge in [0.05, 0.1) is 24.4 Å². The molecule has 0 bridgehead atoms. The van der Waals surface area contributed by atoms with Crippen LogP contribution in [0.2, 0.25) is 0 Å². The Morgan fingerprint density at radius 3 is 2.48 bits per heavy atom. The molecule has 1 saturated heterocycles. The van der Waals surface area contributed by atoms with E-state index in [9.17, 15) is 24.3 Å². The SMILES string of the molecule is C=C(NC(=O)c1csc(C2CCN(C(=O)OC(C)(C)C)CC2)n1)C(=O)N[C@@H](CO)C(=O)OC. The second-order valence-corrected chi connectivity index (χ2v) is 9.37. The predicted octanol–water partition coefficient (Wildman–Crippen LogP) is 1.15. The number of aliphatic hydroxyl groups excluding tert-OH is 1. The van der Waals surface area contributed by atoms with Crippen LogP contribution in [-0.4, -0.2) is 77.3 Å². The van der Waals surface area contributed by atoms with E-state index < -0.39 is 36.0 Å². The number of amides is 3. The Balaban J connectivity index is 1.89. The van der Waals surface area contributed by atoms with Gasteiger partial charge in [0.2, 0.25) is 0 Å². The summed E-state index contributed by atoms with van der Waals surface area (Å²) in [6, 6.07) is -1.27. The lowest BCUT2D eigenvalue weighted by molar-refractivity contribution is -0.145. The number of esters is 1. The first-order valence-corrected chi connectivity index (χ1v) is 11.3. The minimum absolute atomic E-state index is 0.104. The van der Waals surface area contributed by atoms with Crippen LogP contribution in [0.4, 0.5) is 4.79 Å². The summed E-state index contributed by atoms with van der Waals surface area (Å²) in [5.74, 6) is -2.18. The molecule has 182 valence electrons. The largest absolute Gasteiger partial charge is 0.467 e. The molecular weight excluding hydrogens is 452 g/mol. The highest BCUT2D eigenvalue weighted by atomic mass is 32.1. The monoisotopic (exact) mass is 482 g/mol. The molecule has 3 N–H and O–H groups in total. The quantitative estimate of drug-likeness (QED) is 0.387. The van der Waals surface area contributed by atoms with Crippen LogP contribution in [0.3, 0.4) is 0 Å². The number of carbonyl (C=O) groups is 4. The zero-order valence-electron chi connectivity index (χ0n) is 19.2. The maximum Gasteiger partial charge on any atom is 0.410 e. The van der Waals surface area contributed by atoms with Gasteiger partial charge in [-0.15, -0.1) is 11.3 Å². The number of aromatic nitrogens is 1. The number of rotatable bonds is 7. The van der Waals surface area contributed by atoms with Gasteiger partial charge in [0.25, 0.3) is 11.8 Å². The van der Waals surface area contributed by atoms with Crippen LogP contribution >= 0.6 is 11.3 Å². The maximum absolute atomic E-state index is 12.5. The summed E-state index contributed by atoms with van der Waals surface area (Å²) >= 11 is 1.33. The van der Waals surface area contributed by atoms with Gasteiger partial charge in [-0.25, -0.2) is 14.6 Å². The molecule has 0 aliphatic carbocycles. The summed E-state index contributed by atoms with van der Waals surface area (Å²) < 4.78 is 9.87. The molecule has 1 aromatic heterocycles. The lowest BCUT2D eigenvalue weighted by atomic mass is 9.98. The molecule has 0 spiro atoms. The highest BCUT2D eigenvalue weighted by Gasteiger charge is 2.29. The molecule has 3 amide bonds. The molecule has 0 radical (unpaired) electrons. The van der Waals surface area contributed by atoms with E-state index >= 15 is 0 Å². The van der Waals surface area contributed by atoms with Crippen molar-refractivity contribution in [3.8, 4) is 0 Å². The Labute approximate surface area is 196 Å². The van der Waals surface area contributed by atoms with Crippen molar-refractivity contribution in [2.45, 2.75) is 51.2 Å². The summed E-state index contributed by atoms with van der Waals surface area (Å²) in [5.41, 5.74) is -0.724. The molecular formula is C21H30N4O7S. The molecule has 1 atom stereocenters. The molecule has 11 nitrogen and oxygen atoms in total. The van der Waals surface area contributed by atoms with Crippen molar-refractivity contribution in [1.29, 1.82) is 0 Å². The van der Waals surface area contributed by atoms with Gasteiger partial charge in [0.15, 0.2) is 6.04 Å². The van der Waals surface area contributed by atoms with Gasteiger partial charge in [-0.05, 0) is 33.6 Å². The van der Waals surface area contributed by atoms with Crippen molar-refractivity contribution < 1.29 is 33.8 Å². The third-order valence-corrected chi connectivity index (χ3v) is 5.77. The molecule has 12 heteroatoms. The van der Waals surface area contributed by atoms with E-state index in [1.165, 1.54) is 11.3 Å². The van der Waals surface area contributed by atoms with Gasteiger partial charge < -0.3 is 30.1 Å². The summed E-state index contributed by atoms with van der Waals surface area (Å²) in [4.78, 5) is 54.3. The average molecular weight is 483 g/mol. The zero-order valence-corrected chi connectivity index (χ0v) is 20.0. The number of thiazole rings is 1. The van der Waals surface area contributed by atoms with Crippen LogP contribution in [0.5, 0.6) is 0 Å². The third-order valence-electron chi connectivity index (χ3n) is 4.76. The van der Waals surface area contributed by atoms with Crippen molar-refractivity contribution >= 4 is 35.2 Å². The first-order valence-electron chi connectivity index (χ1n) is 10.4. The normalized spacial score (nSPS) is 15.4. The fourth-order valence-corrected chi connectivity index (χ4v) is 4.01. The number of aliphatic hydroxyl groups is 1. The number of hydrogen-bond donors (Lipinski definition) is 3. The smallest absolute Gasteiger partial charge is 0.410 e. The highest BCUT2D eigenvalue weighted by Crippen LogP contribution is 2.31. The lowest BCUT2D eigenvalue weighted by Gasteiger charge is -2.32. The highest BCUT2D eigenvalue weighted by molar-refractivity contribution is 7.09. The topological polar surface area (TPSA) is 147 Å². The molecule has 1 aliphatic heterocycles. The number of hydrogen-bond acceptors (Lipinski definition) is 9. The van der Waals surface area contributed by atoms with E-state index in [0.717, 1.165) is 12.1 Å². The van der Waals surface area contributed by atoms with Gasteiger partial charge in [0.1, 0.15) is 11.3 Å². The number of nitrogens with one attached hydrogen (secondary N) is 2. The van der Waals surface area contributed by atoms with E-state index in [1.807, 2.05) is 20.8 Å². The second kappa shape index (κ2) is 11.2. The Morgan fingerprint density at radius 2 is 1.94 bits per heavy atom. The number of likely N-dealkylation sites (tertiary alicyclic amines) is 1. The van der Waals surface area contributed by atoms with Crippen LogP contribution in [0.1, 0.15) is 55.0 Å². The standard InChI is InChI=1S/C21H30N4O7S/c1-12(16(27)23-14(10-26)19(29)31-5)22-17(28)15-11-33-18(24-15)13-6-8-25(9-7-13)20(30)32-21(2,3)4/h11,13-14,26H,1,6-10H2,2-5H3,(H,22,28)(H,23,27)/t14-/m0/s1. The first-order chi connectivity index (χ1) is 15.4. The van der Waals surface area contributed by atoms with E-state index in [0.29, 0.717) is 25.9 Å². The summed E-state index contributed by atoms with van der Waals surface area (Å²) in [7, 11) is 1.12. The molecule has 1 aromatic rings. The van der Waals surface area contributed by atoms with Crippen LogP contribution < -0.4 is 10.6 Å². The second-order valence-electron chi connectivity index (χ2n) is 8.48. The first kappa shape index (κ1) is 26.3. The van der Waals surface area contributed by atoms with Crippen molar-refractivity contribution in [1.82, 2.24) is 20.5 Å². The maximum atomic E-state index is 12.5. The number of piperidine rings is 1. The van der Waals surface area contributed by atoms with Crippen molar-refractivity contribution in [3.05, 3.63) is 28.4 Å². The van der Waals surface area contributed by atoms with E-state index in [-0.39, 0.29) is 23.4 Å². The van der Waals surface area contributed by atoms with Gasteiger partial charge in [-0.3, -0.25) is 9.59 Å². The van der Waals surface area contributed by atoms with Gasteiger partial charge in [-0.1, -0.05) is 6.58 Å². The Bertz CT molecular complexity index is 901. The number of nitrogens with zero attached hydrogens (tertiary/aromatic N) is 2. The summed E-state index contributed by atoms with van der Waals surface area (Å²) in [6.07, 6.45) is 1.05. The lowest BCUT2D eigenvalue weighted by Crippen LogP contribution is -2.46. The van der Waals surface area contributed by atoms with Gasteiger partial charge in [0, 0.05) is 24.4 Å². The molecule has 0 unspecified atom stereocenters. The molecule has 33 heavy (non-hydrogen) atoms. The Kier molecular flexibility index (Phi) is 8.94. The fraction of sp³-hybridized carbons (Fsp3) is 0.571. The average Bonchev–Trinajstić information content (AvgIpc) is 3.26.